The van der Waals surface area contributed by atoms with Crippen molar-refractivity contribution in [3.63, 3.8) is 0 Å². The first-order valence-corrected chi connectivity index (χ1v) is 6.29. The van der Waals surface area contributed by atoms with Gasteiger partial charge in [0.15, 0.2) is 0 Å². The van der Waals surface area contributed by atoms with Gasteiger partial charge in [-0.3, -0.25) is 0 Å². The molecule has 2 heterocycles. The topological polar surface area (TPSA) is 38.5 Å². The van der Waals surface area contributed by atoms with Crippen LogP contribution in [0, 0.1) is 0 Å². The summed E-state index contributed by atoms with van der Waals surface area (Å²) in [5, 5.41) is 0. The molecule has 2 aliphatic heterocycles. The van der Waals surface area contributed by atoms with Crippen LogP contribution in [0.3, 0.4) is 0 Å². The molecular formula is C14H20N2O. The molecule has 2 N–H and O–H groups in total. The van der Waals surface area contributed by atoms with E-state index in [4.69, 9.17) is 10.5 Å². The van der Waals surface area contributed by atoms with Crippen LogP contribution >= 0.6 is 0 Å². The standard InChI is InChI=1S/C14H20N2O/c1-14(2)8-11(15)10-7-12-9(4-5-16(12)3)6-13(10)17-14/h6-7,11H,4-5,8,15H2,1-3H3. The van der Waals surface area contributed by atoms with Crippen molar-refractivity contribution < 1.29 is 4.74 Å². The third-order valence-electron chi connectivity index (χ3n) is 3.84. The predicted molar refractivity (Wildman–Crippen MR) is 69.7 cm³/mol. The summed E-state index contributed by atoms with van der Waals surface area (Å²) in [7, 11) is 2.14. The number of nitrogens with zero attached hydrogens (tertiary/aromatic N) is 1. The van der Waals surface area contributed by atoms with Crippen molar-refractivity contribution in [2.24, 2.45) is 5.73 Å². The van der Waals surface area contributed by atoms with E-state index in [2.05, 4.69) is 37.9 Å². The molecule has 3 nitrogen and oxygen atoms in total. The second-order valence-corrected chi connectivity index (χ2v) is 5.86. The molecule has 3 rings (SSSR count). The van der Waals surface area contributed by atoms with Crippen LogP contribution in [0.1, 0.15) is 37.4 Å². The van der Waals surface area contributed by atoms with Crippen molar-refractivity contribution in [2.45, 2.75) is 38.3 Å². The largest absolute Gasteiger partial charge is 0.487 e. The summed E-state index contributed by atoms with van der Waals surface area (Å²) >= 11 is 0. The SMILES string of the molecule is CN1CCc2cc3c(cc21)C(N)CC(C)(C)O3. The summed E-state index contributed by atoms with van der Waals surface area (Å²) in [4.78, 5) is 2.29. The molecule has 0 aromatic heterocycles. The number of benzene rings is 1. The molecule has 0 saturated carbocycles. The number of hydrogen-bond acceptors (Lipinski definition) is 3. The van der Waals surface area contributed by atoms with Crippen molar-refractivity contribution in [1.82, 2.24) is 0 Å². The van der Waals surface area contributed by atoms with Crippen LogP contribution in [0.15, 0.2) is 12.1 Å². The van der Waals surface area contributed by atoms with Crippen LogP contribution in [0.2, 0.25) is 0 Å². The van der Waals surface area contributed by atoms with E-state index in [0.29, 0.717) is 0 Å². The molecule has 0 radical (unpaired) electrons. The number of hydrogen-bond donors (Lipinski definition) is 1. The first-order valence-electron chi connectivity index (χ1n) is 6.29. The fourth-order valence-electron chi connectivity index (χ4n) is 2.95. The number of anilines is 1. The van der Waals surface area contributed by atoms with Gasteiger partial charge in [0.1, 0.15) is 11.4 Å². The van der Waals surface area contributed by atoms with E-state index in [1.807, 2.05) is 0 Å². The van der Waals surface area contributed by atoms with Crippen LogP contribution in [-0.4, -0.2) is 19.2 Å². The Kier molecular flexibility index (Phi) is 2.17. The van der Waals surface area contributed by atoms with Crippen molar-refractivity contribution in [2.75, 3.05) is 18.5 Å². The molecule has 0 saturated heterocycles. The molecule has 0 bridgehead atoms. The Labute approximate surface area is 103 Å². The average Bonchev–Trinajstić information content (AvgIpc) is 2.56. The van der Waals surface area contributed by atoms with Gasteiger partial charge >= 0.3 is 0 Å². The Hall–Kier alpha value is -1.22. The van der Waals surface area contributed by atoms with Crippen LogP contribution in [0.25, 0.3) is 0 Å². The van der Waals surface area contributed by atoms with Gasteiger partial charge in [-0.15, -0.1) is 0 Å². The van der Waals surface area contributed by atoms with Gasteiger partial charge in [-0.05, 0) is 38.0 Å². The average molecular weight is 232 g/mol. The van der Waals surface area contributed by atoms with E-state index in [-0.39, 0.29) is 11.6 Å². The van der Waals surface area contributed by atoms with Crippen molar-refractivity contribution in [3.05, 3.63) is 23.3 Å². The van der Waals surface area contributed by atoms with E-state index >= 15 is 0 Å². The Morgan fingerprint density at radius 1 is 1.41 bits per heavy atom. The van der Waals surface area contributed by atoms with Gasteiger partial charge in [-0.1, -0.05) is 0 Å². The maximum Gasteiger partial charge on any atom is 0.125 e. The molecule has 3 heteroatoms. The van der Waals surface area contributed by atoms with E-state index in [1.54, 1.807) is 0 Å². The fourth-order valence-corrected chi connectivity index (χ4v) is 2.95. The molecule has 1 aromatic carbocycles. The highest BCUT2D eigenvalue weighted by molar-refractivity contribution is 5.63. The summed E-state index contributed by atoms with van der Waals surface area (Å²) in [5.41, 5.74) is 9.99. The summed E-state index contributed by atoms with van der Waals surface area (Å²) in [5.74, 6) is 0.989. The monoisotopic (exact) mass is 232 g/mol. The number of rotatable bonds is 0. The molecule has 17 heavy (non-hydrogen) atoms. The maximum absolute atomic E-state index is 6.26. The smallest absolute Gasteiger partial charge is 0.125 e. The molecule has 92 valence electrons. The van der Waals surface area contributed by atoms with Gasteiger partial charge in [-0.25, -0.2) is 0 Å². The zero-order valence-electron chi connectivity index (χ0n) is 10.8. The highest BCUT2D eigenvalue weighted by Crippen LogP contribution is 2.42. The van der Waals surface area contributed by atoms with Crippen LogP contribution in [0.5, 0.6) is 5.75 Å². The van der Waals surface area contributed by atoms with Crippen molar-refractivity contribution in [3.8, 4) is 5.75 Å². The van der Waals surface area contributed by atoms with E-state index < -0.39 is 0 Å². The van der Waals surface area contributed by atoms with Gasteiger partial charge in [0.25, 0.3) is 0 Å². The quantitative estimate of drug-likeness (QED) is 0.745. The predicted octanol–water partition coefficient (Wildman–Crippen LogP) is 2.24. The lowest BCUT2D eigenvalue weighted by Gasteiger charge is -2.36. The summed E-state index contributed by atoms with van der Waals surface area (Å²) in [6.45, 7) is 5.31. The molecule has 0 fully saturated rings. The van der Waals surface area contributed by atoms with Gasteiger partial charge in [0.2, 0.25) is 0 Å². The number of likely N-dealkylation sites (N-methyl/N-ethyl adjacent to an activating group) is 1. The normalized spacial score (nSPS) is 25.2. The van der Waals surface area contributed by atoms with E-state index in [0.717, 1.165) is 30.7 Å². The Bertz CT molecular complexity index is 468. The second kappa shape index (κ2) is 3.39. The molecule has 1 aromatic rings. The molecule has 0 spiro atoms. The minimum atomic E-state index is -0.148. The minimum Gasteiger partial charge on any atom is -0.487 e. The zero-order valence-corrected chi connectivity index (χ0v) is 10.8. The number of ether oxygens (including phenoxy) is 1. The first-order chi connectivity index (χ1) is 7.96. The first kappa shape index (κ1) is 10.9. The van der Waals surface area contributed by atoms with Crippen LogP contribution in [-0.2, 0) is 6.42 Å². The molecule has 1 unspecified atom stereocenters. The minimum absolute atomic E-state index is 0.0908. The zero-order chi connectivity index (χ0) is 12.2. The van der Waals surface area contributed by atoms with Crippen molar-refractivity contribution in [1.29, 1.82) is 0 Å². The second-order valence-electron chi connectivity index (χ2n) is 5.86. The summed E-state index contributed by atoms with van der Waals surface area (Å²) in [6, 6.07) is 4.50. The lowest BCUT2D eigenvalue weighted by atomic mass is 9.89. The molecule has 0 amide bonds. The van der Waals surface area contributed by atoms with Gasteiger partial charge < -0.3 is 15.4 Å². The third kappa shape index (κ3) is 1.69. The number of fused-ring (bicyclic) bond motifs is 2. The van der Waals surface area contributed by atoms with Crippen LogP contribution in [0.4, 0.5) is 5.69 Å². The van der Waals surface area contributed by atoms with E-state index in [1.165, 1.54) is 11.3 Å². The third-order valence-corrected chi connectivity index (χ3v) is 3.84. The number of nitrogens with two attached hydrogens (primary N) is 1. The molecule has 2 aliphatic rings. The Balaban J connectivity index is 2.10. The van der Waals surface area contributed by atoms with Crippen LogP contribution < -0.4 is 15.4 Å². The van der Waals surface area contributed by atoms with E-state index in [9.17, 15) is 0 Å². The molecule has 0 aliphatic carbocycles. The van der Waals surface area contributed by atoms with Gasteiger partial charge in [-0.2, -0.15) is 0 Å². The summed E-state index contributed by atoms with van der Waals surface area (Å²) in [6.07, 6.45) is 1.99. The fraction of sp³-hybridized carbons (Fsp3) is 0.571. The van der Waals surface area contributed by atoms with Gasteiger partial charge in [0, 0.05) is 37.3 Å². The highest BCUT2D eigenvalue weighted by atomic mass is 16.5. The van der Waals surface area contributed by atoms with Gasteiger partial charge in [0.05, 0.1) is 0 Å². The Morgan fingerprint density at radius 3 is 2.94 bits per heavy atom. The highest BCUT2D eigenvalue weighted by Gasteiger charge is 2.33. The molecular weight excluding hydrogens is 212 g/mol. The lowest BCUT2D eigenvalue weighted by Crippen LogP contribution is -2.37. The van der Waals surface area contributed by atoms with Crippen molar-refractivity contribution >= 4 is 5.69 Å². The summed E-state index contributed by atoms with van der Waals surface area (Å²) < 4.78 is 6.05. The maximum atomic E-state index is 6.26. The molecule has 1 atom stereocenters. The lowest BCUT2D eigenvalue weighted by molar-refractivity contribution is 0.0728. The Morgan fingerprint density at radius 2 is 2.18 bits per heavy atom.